The van der Waals surface area contributed by atoms with E-state index in [0.717, 1.165) is 22.3 Å². The van der Waals surface area contributed by atoms with Gasteiger partial charge in [-0.2, -0.15) is 5.06 Å². The van der Waals surface area contributed by atoms with Crippen molar-refractivity contribution in [2.24, 2.45) is 0 Å². The number of hydrogen-bond acceptors (Lipinski definition) is 4. The Kier molecular flexibility index (Phi) is 4.04. The van der Waals surface area contributed by atoms with Gasteiger partial charge in [-0.1, -0.05) is 17.7 Å². The van der Waals surface area contributed by atoms with Gasteiger partial charge in [0.15, 0.2) is 5.78 Å². The van der Waals surface area contributed by atoms with Gasteiger partial charge >= 0.3 is 0 Å². The lowest BCUT2D eigenvalue weighted by atomic mass is 9.70. The average molecular weight is 330 g/mol. The van der Waals surface area contributed by atoms with E-state index in [-0.39, 0.29) is 11.7 Å². The number of aryl methyl sites for hydroxylation is 3. The zero-order chi connectivity index (χ0) is 17.7. The second kappa shape index (κ2) is 5.67. The molecule has 1 atom stereocenters. The minimum atomic E-state index is -1.11. The second-order valence-corrected chi connectivity index (χ2v) is 7.38. The summed E-state index contributed by atoms with van der Waals surface area (Å²) in [5, 5.41) is 4.89. The van der Waals surface area contributed by atoms with E-state index in [2.05, 4.69) is 5.32 Å². The summed E-state index contributed by atoms with van der Waals surface area (Å²) in [5.41, 5.74) is 2.14. The Labute approximate surface area is 143 Å². The molecule has 0 aliphatic carbocycles. The molecule has 130 valence electrons. The van der Waals surface area contributed by atoms with Crippen molar-refractivity contribution < 1.29 is 14.4 Å². The summed E-state index contributed by atoms with van der Waals surface area (Å²) in [5.74, 6) is -0.167. The zero-order valence-corrected chi connectivity index (χ0v) is 15.2. The first-order valence-corrected chi connectivity index (χ1v) is 8.49. The monoisotopic (exact) mass is 330 g/mol. The first-order valence-electron chi connectivity index (χ1n) is 8.49. The fourth-order valence-electron chi connectivity index (χ4n) is 4.58. The van der Waals surface area contributed by atoms with Crippen LogP contribution in [0.15, 0.2) is 12.1 Å². The third-order valence-corrected chi connectivity index (χ3v) is 5.71. The smallest absolute Gasteiger partial charge is 0.238 e. The Hall–Kier alpha value is -1.72. The molecule has 1 aromatic carbocycles. The minimum absolute atomic E-state index is 0.00538. The van der Waals surface area contributed by atoms with Crippen molar-refractivity contribution in [1.29, 1.82) is 0 Å². The van der Waals surface area contributed by atoms with E-state index in [1.54, 1.807) is 14.0 Å². The van der Waals surface area contributed by atoms with Gasteiger partial charge in [0.2, 0.25) is 5.91 Å². The Morgan fingerprint density at radius 3 is 2.12 bits per heavy atom. The van der Waals surface area contributed by atoms with Gasteiger partial charge in [-0.3, -0.25) is 9.59 Å². The molecule has 0 bridgehead atoms. The third kappa shape index (κ3) is 2.30. The van der Waals surface area contributed by atoms with Crippen molar-refractivity contribution >= 4 is 11.7 Å². The number of carbonyl (C=O) groups is 2. The molecule has 1 amide bonds. The fraction of sp³-hybridized carbons (Fsp3) is 0.579. The van der Waals surface area contributed by atoms with Crippen molar-refractivity contribution in [3.05, 3.63) is 34.4 Å². The molecule has 2 aliphatic rings. The predicted molar refractivity (Wildman–Crippen MR) is 91.7 cm³/mol. The molecule has 2 fully saturated rings. The Morgan fingerprint density at radius 1 is 1.08 bits per heavy atom. The van der Waals surface area contributed by atoms with Gasteiger partial charge in [-0.25, -0.2) is 0 Å². The Morgan fingerprint density at radius 2 is 1.62 bits per heavy atom. The molecule has 2 aliphatic heterocycles. The van der Waals surface area contributed by atoms with E-state index in [1.807, 2.05) is 38.0 Å². The first-order chi connectivity index (χ1) is 11.2. The summed E-state index contributed by atoms with van der Waals surface area (Å²) in [7, 11) is 1.64. The van der Waals surface area contributed by atoms with Crippen LogP contribution < -0.4 is 5.32 Å². The number of piperidine rings is 1. The van der Waals surface area contributed by atoms with E-state index in [4.69, 9.17) is 4.84 Å². The standard InChI is InChI=1S/C19H26N2O3/c1-12-10-13(2)15(14(3)11-12)18(4)16(22)19(20-17(18)23)6-8-21(24-5)9-7-19/h10-11H,6-9H2,1-5H3,(H,20,23). The van der Waals surface area contributed by atoms with Crippen LogP contribution in [0.25, 0.3) is 0 Å². The van der Waals surface area contributed by atoms with Crippen molar-refractivity contribution in [3.8, 4) is 0 Å². The molecule has 1 unspecified atom stereocenters. The van der Waals surface area contributed by atoms with Crippen molar-refractivity contribution in [1.82, 2.24) is 10.4 Å². The molecule has 2 saturated heterocycles. The number of carbonyl (C=O) groups excluding carboxylic acids is 2. The van der Waals surface area contributed by atoms with Crippen LogP contribution in [0.2, 0.25) is 0 Å². The summed E-state index contributed by atoms with van der Waals surface area (Å²) in [6.45, 7) is 9.08. The molecule has 0 radical (unpaired) electrons. The Balaban J connectivity index is 2.03. The summed E-state index contributed by atoms with van der Waals surface area (Å²) in [4.78, 5) is 31.7. The second-order valence-electron chi connectivity index (χ2n) is 7.38. The van der Waals surface area contributed by atoms with E-state index < -0.39 is 11.0 Å². The molecular weight excluding hydrogens is 304 g/mol. The van der Waals surface area contributed by atoms with Crippen LogP contribution in [0.5, 0.6) is 0 Å². The molecule has 24 heavy (non-hydrogen) atoms. The number of ketones is 1. The van der Waals surface area contributed by atoms with Crippen LogP contribution >= 0.6 is 0 Å². The largest absolute Gasteiger partial charge is 0.342 e. The molecule has 1 aromatic rings. The molecule has 0 saturated carbocycles. The molecule has 0 aromatic heterocycles. The average Bonchev–Trinajstić information content (AvgIpc) is 2.69. The van der Waals surface area contributed by atoms with Gasteiger partial charge in [-0.15, -0.1) is 0 Å². The maximum absolute atomic E-state index is 13.5. The number of hydroxylamine groups is 2. The van der Waals surface area contributed by atoms with E-state index >= 15 is 0 Å². The van der Waals surface area contributed by atoms with Crippen LogP contribution in [0.4, 0.5) is 0 Å². The molecule has 1 spiro atoms. The lowest BCUT2D eigenvalue weighted by molar-refractivity contribution is -0.157. The summed E-state index contributed by atoms with van der Waals surface area (Å²) in [6, 6.07) is 4.10. The van der Waals surface area contributed by atoms with Crippen LogP contribution in [0, 0.1) is 20.8 Å². The van der Waals surface area contributed by atoms with Crippen LogP contribution in [-0.2, 0) is 19.8 Å². The number of nitrogens with one attached hydrogen (secondary N) is 1. The van der Waals surface area contributed by atoms with Gasteiger partial charge in [0, 0.05) is 13.1 Å². The normalized spacial score (nSPS) is 26.9. The van der Waals surface area contributed by atoms with E-state index in [1.165, 1.54) is 0 Å². The third-order valence-electron chi connectivity index (χ3n) is 5.71. The topological polar surface area (TPSA) is 58.6 Å². The highest BCUT2D eigenvalue weighted by Gasteiger charge is 2.61. The van der Waals surface area contributed by atoms with E-state index in [9.17, 15) is 9.59 Å². The number of Topliss-reactive ketones (excluding diaryl/α,β-unsaturated/α-hetero) is 1. The molecule has 3 rings (SSSR count). The van der Waals surface area contributed by atoms with Crippen LogP contribution in [0.1, 0.15) is 42.0 Å². The lowest BCUT2D eigenvalue weighted by Gasteiger charge is -2.37. The number of rotatable bonds is 2. The number of hydrogen-bond donors (Lipinski definition) is 1. The van der Waals surface area contributed by atoms with Crippen molar-refractivity contribution in [2.75, 3.05) is 20.2 Å². The van der Waals surface area contributed by atoms with Crippen LogP contribution in [-0.4, -0.2) is 42.5 Å². The highest BCUT2D eigenvalue weighted by Crippen LogP contribution is 2.42. The number of amides is 1. The van der Waals surface area contributed by atoms with Gasteiger partial charge in [0.05, 0.1) is 7.11 Å². The maximum Gasteiger partial charge on any atom is 0.238 e. The molecule has 5 nitrogen and oxygen atoms in total. The minimum Gasteiger partial charge on any atom is -0.342 e. The molecule has 5 heteroatoms. The summed E-state index contributed by atoms with van der Waals surface area (Å²) in [6.07, 6.45) is 1.18. The fourth-order valence-corrected chi connectivity index (χ4v) is 4.58. The van der Waals surface area contributed by atoms with E-state index in [0.29, 0.717) is 25.9 Å². The SMILES string of the molecule is CON1CCC2(CC1)NC(=O)C(C)(c1c(C)cc(C)cc1C)C2=O. The number of benzene rings is 1. The van der Waals surface area contributed by atoms with Crippen molar-refractivity contribution in [2.45, 2.75) is 51.5 Å². The molecular formula is C19H26N2O3. The van der Waals surface area contributed by atoms with Gasteiger partial charge in [0.1, 0.15) is 11.0 Å². The summed E-state index contributed by atoms with van der Waals surface area (Å²) >= 11 is 0. The lowest BCUT2D eigenvalue weighted by Crippen LogP contribution is -2.55. The van der Waals surface area contributed by atoms with Crippen LogP contribution in [0.3, 0.4) is 0 Å². The highest BCUT2D eigenvalue weighted by atomic mass is 16.7. The number of nitrogens with zero attached hydrogens (tertiary/aromatic N) is 1. The maximum atomic E-state index is 13.5. The predicted octanol–water partition coefficient (Wildman–Crippen LogP) is 1.96. The zero-order valence-electron chi connectivity index (χ0n) is 15.2. The quantitative estimate of drug-likeness (QED) is 0.842. The first kappa shape index (κ1) is 17.1. The molecule has 2 heterocycles. The van der Waals surface area contributed by atoms with Gasteiger partial charge < -0.3 is 10.2 Å². The van der Waals surface area contributed by atoms with Gasteiger partial charge in [0.25, 0.3) is 0 Å². The molecule has 1 N–H and O–H groups in total. The van der Waals surface area contributed by atoms with Crippen molar-refractivity contribution in [3.63, 3.8) is 0 Å². The summed E-state index contributed by atoms with van der Waals surface area (Å²) < 4.78 is 0. The van der Waals surface area contributed by atoms with Gasteiger partial charge in [-0.05, 0) is 57.2 Å². The Bertz CT molecular complexity index is 682. The highest BCUT2D eigenvalue weighted by molar-refractivity contribution is 6.21.